The van der Waals surface area contributed by atoms with Gasteiger partial charge in [-0.3, -0.25) is 4.79 Å². The van der Waals surface area contributed by atoms with Crippen molar-refractivity contribution >= 4 is 18.1 Å². The van der Waals surface area contributed by atoms with Crippen molar-refractivity contribution in [2.45, 2.75) is 57.2 Å². The molecular weight excluding hydrogens is 503 g/mol. The zero-order valence-corrected chi connectivity index (χ0v) is 21.5. The number of benzene rings is 1. The standard InChI is InChI=1S/C26H32F3N5O4/c1-16-14-30-15-23(38-16)24(35)33(19-10-11-19)17(2)22-13-21(5-4-12-31-25(36)37-3)34(32-22)20-8-6-18(7-9-20)26(27,28)29/h4-9,13,16-17,19,23,30H,10-12,14-15H2,1-3H3,(H,31,36)/b5-4+/t16-,17-,23-/m1/s1. The summed E-state index contributed by atoms with van der Waals surface area (Å²) in [5, 5.41) is 10.5. The van der Waals surface area contributed by atoms with Crippen LogP contribution in [0.1, 0.15) is 49.7 Å². The molecule has 0 spiro atoms. The number of morpholine rings is 1. The van der Waals surface area contributed by atoms with Gasteiger partial charge in [0.2, 0.25) is 0 Å². The predicted molar refractivity (Wildman–Crippen MR) is 133 cm³/mol. The van der Waals surface area contributed by atoms with Gasteiger partial charge in [-0.25, -0.2) is 9.48 Å². The van der Waals surface area contributed by atoms with E-state index in [1.54, 1.807) is 18.2 Å². The highest BCUT2D eigenvalue weighted by molar-refractivity contribution is 5.82. The van der Waals surface area contributed by atoms with Crippen LogP contribution in [0.3, 0.4) is 0 Å². The molecule has 1 aliphatic carbocycles. The Kier molecular flexibility index (Phi) is 8.41. The second-order valence-electron chi connectivity index (χ2n) is 9.47. The molecule has 9 nitrogen and oxygen atoms in total. The van der Waals surface area contributed by atoms with Crippen LogP contribution in [0.25, 0.3) is 11.8 Å². The first kappa shape index (κ1) is 27.6. The molecule has 0 bridgehead atoms. The van der Waals surface area contributed by atoms with Crippen LogP contribution in [0.4, 0.5) is 18.0 Å². The van der Waals surface area contributed by atoms with Crippen LogP contribution >= 0.6 is 0 Å². The molecule has 4 rings (SSSR count). The average Bonchev–Trinajstić information content (AvgIpc) is 3.63. The first-order chi connectivity index (χ1) is 18.1. The number of hydrogen-bond donors (Lipinski definition) is 2. The normalized spacial score (nSPS) is 20.8. The van der Waals surface area contributed by atoms with E-state index in [1.165, 1.54) is 23.9 Å². The lowest BCUT2D eigenvalue weighted by atomic mass is 10.1. The highest BCUT2D eigenvalue weighted by atomic mass is 19.4. The number of hydrogen-bond acceptors (Lipinski definition) is 6. The quantitative estimate of drug-likeness (QED) is 0.535. The van der Waals surface area contributed by atoms with Crippen LogP contribution < -0.4 is 10.6 Å². The first-order valence-electron chi connectivity index (χ1n) is 12.5. The van der Waals surface area contributed by atoms with Crippen molar-refractivity contribution in [3.05, 3.63) is 53.4 Å². The van der Waals surface area contributed by atoms with Crippen molar-refractivity contribution in [1.29, 1.82) is 0 Å². The van der Waals surface area contributed by atoms with Gasteiger partial charge in [-0.15, -0.1) is 0 Å². The van der Waals surface area contributed by atoms with Gasteiger partial charge in [-0.1, -0.05) is 6.08 Å². The number of carbonyl (C=O) groups excluding carboxylic acids is 2. The highest BCUT2D eigenvalue weighted by Gasteiger charge is 2.41. The van der Waals surface area contributed by atoms with E-state index in [4.69, 9.17) is 9.84 Å². The molecule has 0 unspecified atom stereocenters. The van der Waals surface area contributed by atoms with E-state index in [9.17, 15) is 22.8 Å². The summed E-state index contributed by atoms with van der Waals surface area (Å²) in [6, 6.07) is 6.18. The molecule has 2 amide bonds. The van der Waals surface area contributed by atoms with Crippen LogP contribution in [0, 0.1) is 0 Å². The van der Waals surface area contributed by atoms with Crippen molar-refractivity contribution in [3.8, 4) is 5.69 Å². The summed E-state index contributed by atoms with van der Waals surface area (Å²) >= 11 is 0. The van der Waals surface area contributed by atoms with Crippen molar-refractivity contribution in [2.75, 3.05) is 26.7 Å². The monoisotopic (exact) mass is 535 g/mol. The van der Waals surface area contributed by atoms with E-state index in [1.807, 2.05) is 18.7 Å². The van der Waals surface area contributed by atoms with Gasteiger partial charge in [-0.2, -0.15) is 18.3 Å². The maximum atomic E-state index is 13.5. The number of alkyl carbamates (subject to hydrolysis) is 1. The Morgan fingerprint density at radius 1 is 1.29 bits per heavy atom. The Balaban J connectivity index is 1.63. The molecule has 3 atom stereocenters. The topological polar surface area (TPSA) is 97.7 Å². The third-order valence-corrected chi connectivity index (χ3v) is 6.51. The molecular formula is C26H32F3N5O4. The fraction of sp³-hybridized carbons (Fsp3) is 0.500. The zero-order valence-electron chi connectivity index (χ0n) is 21.5. The van der Waals surface area contributed by atoms with E-state index in [0.29, 0.717) is 30.2 Å². The molecule has 1 saturated heterocycles. The molecule has 2 aromatic rings. The van der Waals surface area contributed by atoms with E-state index >= 15 is 0 Å². The molecule has 1 aliphatic heterocycles. The summed E-state index contributed by atoms with van der Waals surface area (Å²) in [5.74, 6) is -0.109. The van der Waals surface area contributed by atoms with E-state index < -0.39 is 30.0 Å². The maximum absolute atomic E-state index is 13.5. The molecule has 0 radical (unpaired) electrons. The number of alkyl halides is 3. The minimum Gasteiger partial charge on any atom is -0.453 e. The molecule has 2 heterocycles. The van der Waals surface area contributed by atoms with E-state index in [0.717, 1.165) is 25.0 Å². The van der Waals surface area contributed by atoms with Gasteiger partial charge in [0.15, 0.2) is 0 Å². The number of halogens is 3. The number of aromatic nitrogens is 2. The molecule has 1 aromatic carbocycles. The lowest BCUT2D eigenvalue weighted by molar-refractivity contribution is -0.152. The summed E-state index contributed by atoms with van der Waals surface area (Å²) in [6.45, 7) is 5.09. The highest BCUT2D eigenvalue weighted by Crippen LogP contribution is 2.36. The summed E-state index contributed by atoms with van der Waals surface area (Å²) in [7, 11) is 1.26. The van der Waals surface area contributed by atoms with Gasteiger partial charge in [0, 0.05) is 25.7 Å². The largest absolute Gasteiger partial charge is 0.453 e. The predicted octanol–water partition coefficient (Wildman–Crippen LogP) is 3.69. The number of methoxy groups -OCH3 is 1. The molecule has 1 saturated carbocycles. The average molecular weight is 536 g/mol. The van der Waals surface area contributed by atoms with Crippen LogP contribution in [0.2, 0.25) is 0 Å². The Morgan fingerprint density at radius 2 is 2.00 bits per heavy atom. The van der Waals surface area contributed by atoms with Crippen LogP contribution in [0.15, 0.2) is 36.4 Å². The van der Waals surface area contributed by atoms with E-state index in [2.05, 4.69) is 15.4 Å². The Bertz CT molecular complexity index is 1160. The number of amides is 2. The Hall–Kier alpha value is -3.38. The molecule has 1 aromatic heterocycles. The van der Waals surface area contributed by atoms with Crippen LogP contribution in [0.5, 0.6) is 0 Å². The van der Waals surface area contributed by atoms with Crippen molar-refractivity contribution in [3.63, 3.8) is 0 Å². The Labute approximate surface area is 219 Å². The van der Waals surface area contributed by atoms with Crippen LogP contribution in [-0.4, -0.2) is 71.7 Å². The SMILES string of the molecule is COC(=O)NC/C=C/c1cc([C@@H](C)N(C(=O)[C@H]2CNC[C@@H](C)O2)C2CC2)nn1-c1ccc(C(F)(F)F)cc1. The van der Waals surface area contributed by atoms with Crippen molar-refractivity contribution in [1.82, 2.24) is 25.3 Å². The summed E-state index contributed by atoms with van der Waals surface area (Å²) in [4.78, 5) is 26.7. The third-order valence-electron chi connectivity index (χ3n) is 6.51. The van der Waals surface area contributed by atoms with Gasteiger partial charge >= 0.3 is 12.3 Å². The number of nitrogens with one attached hydrogen (secondary N) is 2. The van der Waals surface area contributed by atoms with Gasteiger partial charge in [-0.05, 0) is 63.1 Å². The second-order valence-corrected chi connectivity index (χ2v) is 9.47. The van der Waals surface area contributed by atoms with Crippen LogP contribution in [-0.2, 0) is 20.4 Å². The summed E-state index contributed by atoms with van der Waals surface area (Å²) < 4.78 is 51.3. The lowest BCUT2D eigenvalue weighted by Gasteiger charge is -2.35. The fourth-order valence-electron chi connectivity index (χ4n) is 4.42. The van der Waals surface area contributed by atoms with Crippen molar-refractivity contribution < 1.29 is 32.2 Å². The van der Waals surface area contributed by atoms with Gasteiger partial charge in [0.05, 0.1) is 41.9 Å². The molecule has 2 fully saturated rings. The summed E-state index contributed by atoms with van der Waals surface area (Å²) in [5.41, 5.74) is 0.824. The van der Waals surface area contributed by atoms with Gasteiger partial charge < -0.3 is 25.0 Å². The van der Waals surface area contributed by atoms with Gasteiger partial charge in [0.25, 0.3) is 5.91 Å². The minimum absolute atomic E-state index is 0.0803. The zero-order chi connectivity index (χ0) is 27.4. The smallest absolute Gasteiger partial charge is 0.416 e. The number of rotatable bonds is 8. The minimum atomic E-state index is -4.46. The molecule has 12 heteroatoms. The molecule has 2 N–H and O–H groups in total. The molecule has 38 heavy (non-hydrogen) atoms. The summed E-state index contributed by atoms with van der Waals surface area (Å²) in [6.07, 6.45) is -0.567. The van der Waals surface area contributed by atoms with Gasteiger partial charge in [0.1, 0.15) is 6.10 Å². The molecule has 206 valence electrons. The lowest BCUT2D eigenvalue weighted by Crippen LogP contribution is -2.53. The number of nitrogens with zero attached hydrogens (tertiary/aromatic N) is 3. The second kappa shape index (κ2) is 11.6. The third kappa shape index (κ3) is 6.54. The number of carbonyl (C=O) groups is 2. The fourth-order valence-corrected chi connectivity index (χ4v) is 4.42. The molecule has 2 aliphatic rings. The van der Waals surface area contributed by atoms with E-state index in [-0.39, 0.29) is 24.6 Å². The van der Waals surface area contributed by atoms with Crippen molar-refractivity contribution in [2.24, 2.45) is 0 Å². The first-order valence-corrected chi connectivity index (χ1v) is 12.5. The maximum Gasteiger partial charge on any atom is 0.416 e. The number of ether oxygens (including phenoxy) is 2. The Morgan fingerprint density at radius 3 is 2.61 bits per heavy atom.